The lowest BCUT2D eigenvalue weighted by Gasteiger charge is -2.25. The Morgan fingerprint density at radius 1 is 1.30 bits per heavy atom. The van der Waals surface area contributed by atoms with Crippen LogP contribution in [0.5, 0.6) is 0 Å². The molecule has 0 aliphatic rings. The largest absolute Gasteiger partial charge is 0.343 e. The second-order valence-electron chi connectivity index (χ2n) is 7.07. The van der Waals surface area contributed by atoms with Crippen LogP contribution in [0.2, 0.25) is 0 Å². The highest BCUT2D eigenvalue weighted by molar-refractivity contribution is 5.99. The molecule has 0 aromatic carbocycles. The summed E-state index contributed by atoms with van der Waals surface area (Å²) in [5, 5.41) is 3.25. The predicted octanol–water partition coefficient (Wildman–Crippen LogP) is 3.68. The van der Waals surface area contributed by atoms with E-state index in [0.29, 0.717) is 12.5 Å². The third-order valence-electron chi connectivity index (χ3n) is 3.59. The fraction of sp³-hybridized carbons (Fsp3) is 0.706. The van der Waals surface area contributed by atoms with Gasteiger partial charge in [-0.15, -0.1) is 0 Å². The highest BCUT2D eigenvalue weighted by atomic mass is 16.1. The van der Waals surface area contributed by atoms with Crippen molar-refractivity contribution in [2.75, 3.05) is 13.1 Å². The third kappa shape index (κ3) is 4.20. The first kappa shape index (κ1) is 17.0. The van der Waals surface area contributed by atoms with E-state index in [4.69, 9.17) is 0 Å². The normalized spacial score (nSPS) is 12.2. The number of Topliss-reactive ketones (excluding diaryl/α,β-unsaturated/α-hetero) is 1. The number of aromatic nitrogens is 1. The summed E-state index contributed by atoms with van der Waals surface area (Å²) in [7, 11) is 0. The van der Waals surface area contributed by atoms with Gasteiger partial charge in [-0.3, -0.25) is 4.79 Å². The average molecular weight is 278 g/mol. The Labute approximate surface area is 123 Å². The number of carbonyl (C=O) groups is 1. The first-order valence-corrected chi connectivity index (χ1v) is 7.58. The van der Waals surface area contributed by atoms with Crippen LogP contribution in [0.3, 0.4) is 0 Å². The molecule has 20 heavy (non-hydrogen) atoms. The fourth-order valence-corrected chi connectivity index (χ4v) is 2.77. The zero-order valence-electron chi connectivity index (χ0n) is 14.1. The second kappa shape index (κ2) is 6.57. The van der Waals surface area contributed by atoms with E-state index in [2.05, 4.69) is 51.4 Å². The minimum atomic E-state index is 0.0117. The molecular weight excluding hydrogens is 248 g/mol. The summed E-state index contributed by atoms with van der Waals surface area (Å²) in [5.74, 6) is 0.862. The van der Waals surface area contributed by atoms with Gasteiger partial charge < -0.3 is 9.88 Å². The molecule has 0 bridgehead atoms. The molecule has 0 atom stereocenters. The van der Waals surface area contributed by atoms with Gasteiger partial charge in [-0.25, -0.2) is 0 Å². The molecule has 1 aromatic rings. The molecule has 1 N–H and O–H groups in total. The van der Waals surface area contributed by atoms with Crippen molar-refractivity contribution in [3.63, 3.8) is 0 Å². The Morgan fingerprint density at radius 3 is 2.35 bits per heavy atom. The smallest absolute Gasteiger partial charge is 0.178 e. The number of nitrogens with one attached hydrogen (secondary N) is 1. The summed E-state index contributed by atoms with van der Waals surface area (Å²) < 4.78 is 2.24. The number of rotatable bonds is 6. The van der Waals surface area contributed by atoms with E-state index in [0.717, 1.165) is 29.9 Å². The molecule has 0 amide bonds. The maximum absolute atomic E-state index is 12.3. The molecule has 0 saturated heterocycles. The number of hydrogen-bond acceptors (Lipinski definition) is 2. The molecule has 0 aliphatic carbocycles. The molecule has 1 heterocycles. The lowest BCUT2D eigenvalue weighted by atomic mass is 10.1. The predicted molar refractivity (Wildman–Crippen MR) is 85.6 cm³/mol. The first-order valence-electron chi connectivity index (χ1n) is 7.58. The number of hydrogen-bond donors (Lipinski definition) is 1. The van der Waals surface area contributed by atoms with E-state index in [-0.39, 0.29) is 11.3 Å². The van der Waals surface area contributed by atoms with Crippen LogP contribution in [-0.4, -0.2) is 23.4 Å². The molecule has 0 unspecified atom stereocenters. The van der Waals surface area contributed by atoms with Crippen molar-refractivity contribution in [1.82, 2.24) is 9.88 Å². The van der Waals surface area contributed by atoms with Gasteiger partial charge in [0.15, 0.2) is 5.78 Å². The summed E-state index contributed by atoms with van der Waals surface area (Å²) in [5.41, 5.74) is 3.10. The number of carbonyl (C=O) groups excluding carboxylic acids is 1. The van der Waals surface area contributed by atoms with Crippen LogP contribution in [0.15, 0.2) is 6.07 Å². The van der Waals surface area contributed by atoms with Crippen LogP contribution < -0.4 is 5.32 Å². The highest BCUT2D eigenvalue weighted by Gasteiger charge is 2.22. The first-order chi connectivity index (χ1) is 9.14. The Kier molecular flexibility index (Phi) is 5.58. The molecule has 0 saturated carbocycles. The molecule has 3 heteroatoms. The quantitative estimate of drug-likeness (QED) is 0.636. The maximum atomic E-state index is 12.3. The lowest BCUT2D eigenvalue weighted by Crippen LogP contribution is -2.27. The van der Waals surface area contributed by atoms with Crippen molar-refractivity contribution in [2.24, 2.45) is 5.92 Å². The van der Waals surface area contributed by atoms with E-state index in [1.165, 1.54) is 0 Å². The fourth-order valence-electron chi connectivity index (χ4n) is 2.77. The van der Waals surface area contributed by atoms with E-state index >= 15 is 0 Å². The molecule has 1 aromatic heterocycles. The van der Waals surface area contributed by atoms with E-state index in [1.807, 2.05) is 13.0 Å². The summed E-state index contributed by atoms with van der Waals surface area (Å²) in [6.07, 6.45) is 1.11. The molecule has 0 aliphatic heterocycles. The Balaban J connectivity index is 2.75. The van der Waals surface area contributed by atoms with Crippen molar-refractivity contribution in [3.8, 4) is 0 Å². The zero-order chi connectivity index (χ0) is 15.5. The molecule has 0 spiro atoms. The summed E-state index contributed by atoms with van der Waals surface area (Å²) >= 11 is 0. The van der Waals surface area contributed by atoms with Gasteiger partial charge in [0.05, 0.1) is 6.54 Å². The van der Waals surface area contributed by atoms with Crippen LogP contribution in [0.4, 0.5) is 0 Å². The third-order valence-corrected chi connectivity index (χ3v) is 3.59. The van der Waals surface area contributed by atoms with Gasteiger partial charge in [-0.1, -0.05) is 13.8 Å². The monoisotopic (exact) mass is 278 g/mol. The summed E-state index contributed by atoms with van der Waals surface area (Å²) in [6.45, 7) is 16.3. The van der Waals surface area contributed by atoms with Crippen LogP contribution >= 0.6 is 0 Å². The van der Waals surface area contributed by atoms with Crippen molar-refractivity contribution in [3.05, 3.63) is 23.0 Å². The van der Waals surface area contributed by atoms with E-state index in [1.54, 1.807) is 0 Å². The minimum Gasteiger partial charge on any atom is -0.343 e. The number of aryl methyl sites for hydroxylation is 1. The van der Waals surface area contributed by atoms with Gasteiger partial charge in [0.25, 0.3) is 0 Å². The van der Waals surface area contributed by atoms with Gasteiger partial charge in [0.1, 0.15) is 0 Å². The average Bonchev–Trinajstić information content (AvgIpc) is 2.59. The van der Waals surface area contributed by atoms with Crippen molar-refractivity contribution in [1.29, 1.82) is 0 Å². The van der Waals surface area contributed by atoms with Gasteiger partial charge in [-0.05, 0) is 59.6 Å². The lowest BCUT2D eigenvalue weighted by molar-refractivity contribution is 0.0990. The van der Waals surface area contributed by atoms with Crippen molar-refractivity contribution < 1.29 is 4.79 Å². The van der Waals surface area contributed by atoms with E-state index in [9.17, 15) is 4.79 Å². The standard InChI is InChI=1S/C17H30N2O/c1-12(2)8-9-18-11-16(20)15-10-13(3)19(14(15)4)17(5,6)7/h10,12,18H,8-9,11H2,1-7H3. The number of nitrogens with zero attached hydrogens (tertiary/aromatic N) is 1. The Hall–Kier alpha value is -1.09. The molecule has 0 fully saturated rings. The Morgan fingerprint density at radius 2 is 1.90 bits per heavy atom. The van der Waals surface area contributed by atoms with E-state index < -0.39 is 0 Å². The molecule has 3 nitrogen and oxygen atoms in total. The van der Waals surface area contributed by atoms with Gasteiger partial charge >= 0.3 is 0 Å². The highest BCUT2D eigenvalue weighted by Crippen LogP contribution is 2.24. The van der Waals surface area contributed by atoms with Gasteiger partial charge in [0, 0.05) is 22.5 Å². The van der Waals surface area contributed by atoms with Crippen molar-refractivity contribution >= 4 is 5.78 Å². The van der Waals surface area contributed by atoms with Gasteiger partial charge in [0.2, 0.25) is 0 Å². The zero-order valence-corrected chi connectivity index (χ0v) is 14.1. The van der Waals surface area contributed by atoms with Crippen LogP contribution in [0.25, 0.3) is 0 Å². The molecule has 0 radical (unpaired) electrons. The van der Waals surface area contributed by atoms with Crippen LogP contribution in [-0.2, 0) is 5.54 Å². The SMILES string of the molecule is Cc1cc(C(=O)CNCCC(C)C)c(C)n1C(C)(C)C. The summed E-state index contributed by atoms with van der Waals surface area (Å²) in [6, 6.07) is 2.02. The topological polar surface area (TPSA) is 34.0 Å². The Bertz CT molecular complexity index is 464. The maximum Gasteiger partial charge on any atom is 0.178 e. The van der Waals surface area contributed by atoms with Crippen molar-refractivity contribution in [2.45, 2.75) is 60.4 Å². The summed E-state index contributed by atoms with van der Waals surface area (Å²) in [4.78, 5) is 12.3. The molecular formula is C17H30N2O. The van der Waals surface area contributed by atoms with Gasteiger partial charge in [-0.2, -0.15) is 0 Å². The molecule has 114 valence electrons. The van der Waals surface area contributed by atoms with Crippen LogP contribution in [0, 0.1) is 19.8 Å². The van der Waals surface area contributed by atoms with Crippen LogP contribution in [0.1, 0.15) is 62.8 Å². The second-order valence-corrected chi connectivity index (χ2v) is 7.07. The molecule has 1 rings (SSSR count). The minimum absolute atomic E-state index is 0.0117. The number of ketones is 1.